The molecule has 1 amide bonds. The normalized spacial score (nSPS) is 11.4. The highest BCUT2D eigenvalue weighted by atomic mass is 35.5. The van der Waals surface area contributed by atoms with Crippen LogP contribution in [0.4, 0.5) is 15.0 Å². The second kappa shape index (κ2) is 8.72. The number of ether oxygens (including phenoxy) is 2. The first kappa shape index (κ1) is 21.9. The Hall–Kier alpha value is -2.42. The van der Waals surface area contributed by atoms with Gasteiger partial charge in [-0.05, 0) is 27.7 Å². The number of carbonyl (C=O) groups is 1. The van der Waals surface area contributed by atoms with Crippen molar-refractivity contribution in [1.29, 1.82) is 0 Å². The molecule has 0 saturated carbocycles. The Kier molecular flexibility index (Phi) is 6.82. The first-order valence-corrected chi connectivity index (χ1v) is 9.19. The molecule has 2 heterocycles. The maximum absolute atomic E-state index is 14.4. The summed E-state index contributed by atoms with van der Waals surface area (Å²) >= 11 is 5.83. The molecule has 0 N–H and O–H groups in total. The summed E-state index contributed by atoms with van der Waals surface area (Å²) in [7, 11) is 3.07. The Morgan fingerprint density at radius 2 is 1.96 bits per heavy atom. The number of anilines is 1. The number of rotatable bonds is 6. The quantitative estimate of drug-likeness (QED) is 0.670. The van der Waals surface area contributed by atoms with Crippen LogP contribution in [0.15, 0.2) is 6.33 Å². The van der Waals surface area contributed by atoms with Gasteiger partial charge >= 0.3 is 6.09 Å². The van der Waals surface area contributed by atoms with Crippen LogP contribution >= 0.6 is 11.6 Å². The molecule has 0 aromatic carbocycles. The van der Waals surface area contributed by atoms with Crippen LogP contribution in [0.25, 0.3) is 10.9 Å². The van der Waals surface area contributed by atoms with Crippen molar-refractivity contribution in [2.75, 3.05) is 38.7 Å². The topological polar surface area (TPSA) is 80.7 Å². The molecule has 0 bridgehead atoms. The first-order valence-electron chi connectivity index (χ1n) is 8.81. The SMILES string of the molecule is CCN(CCN(C)C(=O)OC(C)(C)C)c1ncnc2c(F)c(Cl)nc(OC)c12. The second-order valence-corrected chi connectivity index (χ2v) is 7.49. The van der Waals surface area contributed by atoms with Crippen molar-refractivity contribution in [3.8, 4) is 5.88 Å². The van der Waals surface area contributed by atoms with E-state index in [-0.39, 0.29) is 16.5 Å². The summed E-state index contributed by atoms with van der Waals surface area (Å²) in [6.45, 7) is 8.72. The highest BCUT2D eigenvalue weighted by Gasteiger charge is 2.23. The second-order valence-electron chi connectivity index (χ2n) is 7.13. The van der Waals surface area contributed by atoms with E-state index in [9.17, 15) is 9.18 Å². The molecular weight excluding hydrogens is 389 g/mol. The predicted molar refractivity (Wildman–Crippen MR) is 106 cm³/mol. The maximum Gasteiger partial charge on any atom is 0.410 e. The van der Waals surface area contributed by atoms with Gasteiger partial charge < -0.3 is 19.3 Å². The van der Waals surface area contributed by atoms with Crippen LogP contribution in [-0.4, -0.2) is 65.3 Å². The molecule has 0 saturated heterocycles. The molecule has 2 aromatic heterocycles. The number of aromatic nitrogens is 3. The lowest BCUT2D eigenvalue weighted by molar-refractivity contribution is 0.0303. The van der Waals surface area contributed by atoms with Crippen LogP contribution in [0.1, 0.15) is 27.7 Å². The van der Waals surface area contributed by atoms with Gasteiger partial charge in [-0.25, -0.2) is 19.2 Å². The number of hydrogen-bond donors (Lipinski definition) is 0. The number of nitrogens with zero attached hydrogens (tertiary/aromatic N) is 5. The minimum atomic E-state index is -0.733. The molecule has 10 heteroatoms. The number of hydrogen-bond acceptors (Lipinski definition) is 7. The monoisotopic (exact) mass is 413 g/mol. The van der Waals surface area contributed by atoms with Gasteiger partial charge in [-0.1, -0.05) is 11.6 Å². The Bertz CT molecular complexity index is 859. The average Bonchev–Trinajstić information content (AvgIpc) is 2.63. The molecule has 154 valence electrons. The Morgan fingerprint density at radius 3 is 2.54 bits per heavy atom. The molecule has 2 rings (SSSR count). The number of halogens is 2. The van der Waals surface area contributed by atoms with Gasteiger partial charge in [-0.3, -0.25) is 0 Å². The van der Waals surface area contributed by atoms with Crippen molar-refractivity contribution in [3.63, 3.8) is 0 Å². The number of methoxy groups -OCH3 is 1. The zero-order chi connectivity index (χ0) is 21.1. The van der Waals surface area contributed by atoms with E-state index >= 15 is 0 Å². The number of amides is 1. The number of pyridine rings is 1. The largest absolute Gasteiger partial charge is 0.480 e. The molecule has 0 radical (unpaired) electrons. The van der Waals surface area contributed by atoms with Crippen LogP contribution in [0.5, 0.6) is 5.88 Å². The fourth-order valence-electron chi connectivity index (χ4n) is 2.53. The van der Waals surface area contributed by atoms with E-state index in [4.69, 9.17) is 21.1 Å². The van der Waals surface area contributed by atoms with E-state index in [1.807, 2.05) is 32.6 Å². The Balaban J connectivity index is 2.31. The van der Waals surface area contributed by atoms with Gasteiger partial charge in [-0.15, -0.1) is 0 Å². The van der Waals surface area contributed by atoms with E-state index < -0.39 is 17.5 Å². The molecular formula is C18H25ClFN5O3. The van der Waals surface area contributed by atoms with Crippen molar-refractivity contribution < 1.29 is 18.7 Å². The van der Waals surface area contributed by atoms with Crippen molar-refractivity contribution in [3.05, 3.63) is 17.3 Å². The standard InChI is InChI=1S/C18H25ClFN5O3/c1-7-25(9-8-24(5)17(26)28-18(2,3)4)15-11-13(21-10-22-15)12(20)14(19)23-16(11)27-6/h10H,7-9H2,1-6H3. The van der Waals surface area contributed by atoms with Crippen molar-refractivity contribution in [2.24, 2.45) is 0 Å². The summed E-state index contributed by atoms with van der Waals surface area (Å²) in [4.78, 5) is 27.7. The molecule has 8 nitrogen and oxygen atoms in total. The fourth-order valence-corrected chi connectivity index (χ4v) is 2.70. The van der Waals surface area contributed by atoms with Crippen LogP contribution < -0.4 is 9.64 Å². The van der Waals surface area contributed by atoms with Gasteiger partial charge in [0, 0.05) is 26.7 Å². The zero-order valence-electron chi connectivity index (χ0n) is 16.9. The first-order chi connectivity index (χ1) is 13.1. The van der Waals surface area contributed by atoms with Gasteiger partial charge in [0.15, 0.2) is 11.0 Å². The zero-order valence-corrected chi connectivity index (χ0v) is 17.7. The van der Waals surface area contributed by atoms with E-state index in [0.29, 0.717) is 30.8 Å². The van der Waals surface area contributed by atoms with Crippen LogP contribution in [0.3, 0.4) is 0 Å². The van der Waals surface area contributed by atoms with Crippen molar-refractivity contribution in [1.82, 2.24) is 19.9 Å². The summed E-state index contributed by atoms with van der Waals surface area (Å²) in [5.74, 6) is -0.149. The van der Waals surface area contributed by atoms with Gasteiger partial charge in [0.25, 0.3) is 0 Å². The summed E-state index contributed by atoms with van der Waals surface area (Å²) in [6, 6.07) is 0. The van der Waals surface area contributed by atoms with Crippen molar-refractivity contribution in [2.45, 2.75) is 33.3 Å². The van der Waals surface area contributed by atoms with Crippen LogP contribution in [0.2, 0.25) is 5.15 Å². The lowest BCUT2D eigenvalue weighted by atomic mass is 10.2. The third-order valence-electron chi connectivity index (χ3n) is 3.91. The highest BCUT2D eigenvalue weighted by molar-refractivity contribution is 6.30. The molecule has 0 aliphatic rings. The number of fused-ring (bicyclic) bond motifs is 1. The summed E-state index contributed by atoms with van der Waals surface area (Å²) in [5.41, 5.74) is -0.546. The van der Waals surface area contributed by atoms with Gasteiger partial charge in [-0.2, -0.15) is 4.98 Å². The maximum atomic E-state index is 14.4. The van der Waals surface area contributed by atoms with Crippen molar-refractivity contribution >= 4 is 34.4 Å². The third kappa shape index (κ3) is 4.89. The minimum absolute atomic E-state index is 0.0285. The van der Waals surface area contributed by atoms with E-state index in [0.717, 1.165) is 0 Å². The minimum Gasteiger partial charge on any atom is -0.480 e. The summed E-state index contributed by atoms with van der Waals surface area (Å²) in [6.07, 6.45) is 0.838. The number of carbonyl (C=O) groups excluding carboxylic acids is 1. The molecule has 0 fully saturated rings. The van der Waals surface area contributed by atoms with Crippen LogP contribution in [0, 0.1) is 5.82 Å². The van der Waals surface area contributed by atoms with Gasteiger partial charge in [0.2, 0.25) is 5.88 Å². The predicted octanol–water partition coefficient (Wildman–Crippen LogP) is 3.52. The average molecular weight is 414 g/mol. The van der Waals surface area contributed by atoms with Crippen LogP contribution in [-0.2, 0) is 4.74 Å². The van der Waals surface area contributed by atoms with E-state index in [1.165, 1.54) is 18.3 Å². The molecule has 0 aliphatic carbocycles. The molecule has 0 atom stereocenters. The number of likely N-dealkylation sites (N-methyl/N-ethyl adjacent to an activating group) is 2. The molecule has 0 aliphatic heterocycles. The van der Waals surface area contributed by atoms with Gasteiger partial charge in [0.05, 0.1) is 7.11 Å². The van der Waals surface area contributed by atoms with E-state index in [2.05, 4.69) is 15.0 Å². The summed E-state index contributed by atoms with van der Waals surface area (Å²) in [5, 5.41) is 0.00961. The molecule has 0 unspecified atom stereocenters. The molecule has 0 spiro atoms. The van der Waals surface area contributed by atoms with Gasteiger partial charge in [0.1, 0.15) is 28.6 Å². The molecule has 2 aromatic rings. The van der Waals surface area contributed by atoms with E-state index in [1.54, 1.807) is 7.05 Å². The Labute approximate surface area is 168 Å². The Morgan fingerprint density at radius 1 is 1.29 bits per heavy atom. The molecule has 28 heavy (non-hydrogen) atoms. The fraction of sp³-hybridized carbons (Fsp3) is 0.556. The lowest BCUT2D eigenvalue weighted by Gasteiger charge is -2.28. The highest BCUT2D eigenvalue weighted by Crippen LogP contribution is 2.34. The smallest absolute Gasteiger partial charge is 0.410 e. The summed E-state index contributed by atoms with van der Waals surface area (Å²) < 4.78 is 25.0. The third-order valence-corrected chi connectivity index (χ3v) is 4.17. The lowest BCUT2D eigenvalue weighted by Crippen LogP contribution is -2.39.